The molecule has 1 aliphatic rings. The maximum absolute atomic E-state index is 9.74. The van der Waals surface area contributed by atoms with Gasteiger partial charge in [-0.05, 0) is 37.7 Å². The van der Waals surface area contributed by atoms with Crippen molar-refractivity contribution in [2.24, 2.45) is 5.73 Å². The summed E-state index contributed by atoms with van der Waals surface area (Å²) in [7, 11) is 0. The fourth-order valence-corrected chi connectivity index (χ4v) is 2.25. The lowest BCUT2D eigenvalue weighted by atomic mass is 10.0. The van der Waals surface area contributed by atoms with E-state index in [1.54, 1.807) is 17.8 Å². The molecule has 14 heavy (non-hydrogen) atoms. The standard InChI is InChI=1S/C11H15NOS/c1-14-10-4-2-3-9(13)8(10)7-11(12)5-6-11/h2-4,13H,5-7,12H2,1H3. The Morgan fingerprint density at radius 1 is 1.50 bits per heavy atom. The minimum atomic E-state index is -0.0384. The zero-order valence-electron chi connectivity index (χ0n) is 8.29. The molecule has 0 amide bonds. The van der Waals surface area contributed by atoms with Crippen molar-refractivity contribution < 1.29 is 5.11 Å². The lowest BCUT2D eigenvalue weighted by Gasteiger charge is -2.13. The van der Waals surface area contributed by atoms with Crippen molar-refractivity contribution in [3.63, 3.8) is 0 Å². The number of hydrogen-bond donors (Lipinski definition) is 2. The summed E-state index contributed by atoms with van der Waals surface area (Å²) in [4.78, 5) is 1.14. The second-order valence-corrected chi connectivity index (χ2v) is 4.85. The van der Waals surface area contributed by atoms with Crippen LogP contribution in [0, 0.1) is 0 Å². The Hall–Kier alpha value is -0.670. The smallest absolute Gasteiger partial charge is 0.119 e. The molecule has 1 aromatic rings. The van der Waals surface area contributed by atoms with Gasteiger partial charge < -0.3 is 10.8 Å². The van der Waals surface area contributed by atoms with E-state index in [2.05, 4.69) is 0 Å². The Labute approximate surface area is 88.5 Å². The predicted molar refractivity (Wildman–Crippen MR) is 59.7 cm³/mol. The first-order valence-electron chi connectivity index (χ1n) is 4.78. The molecule has 0 bridgehead atoms. The van der Waals surface area contributed by atoms with Gasteiger partial charge in [-0.1, -0.05) is 6.07 Å². The fraction of sp³-hybridized carbons (Fsp3) is 0.455. The molecule has 1 fully saturated rings. The lowest BCUT2D eigenvalue weighted by molar-refractivity contribution is 0.461. The Morgan fingerprint density at radius 3 is 2.79 bits per heavy atom. The monoisotopic (exact) mass is 209 g/mol. The van der Waals surface area contributed by atoms with Crippen molar-refractivity contribution in [1.82, 2.24) is 0 Å². The van der Waals surface area contributed by atoms with Crippen LogP contribution in [0.25, 0.3) is 0 Å². The van der Waals surface area contributed by atoms with Crippen LogP contribution in [-0.2, 0) is 6.42 Å². The van der Waals surface area contributed by atoms with E-state index in [0.717, 1.165) is 29.7 Å². The average molecular weight is 209 g/mol. The third-order valence-corrected chi connectivity index (χ3v) is 3.57. The van der Waals surface area contributed by atoms with E-state index in [4.69, 9.17) is 5.73 Å². The van der Waals surface area contributed by atoms with Crippen LogP contribution in [0.3, 0.4) is 0 Å². The number of benzene rings is 1. The van der Waals surface area contributed by atoms with Crippen LogP contribution in [0.2, 0.25) is 0 Å². The first-order valence-corrected chi connectivity index (χ1v) is 6.01. The number of thioether (sulfide) groups is 1. The number of rotatable bonds is 3. The Morgan fingerprint density at radius 2 is 2.21 bits per heavy atom. The third kappa shape index (κ3) is 1.88. The summed E-state index contributed by atoms with van der Waals surface area (Å²) in [6.45, 7) is 0. The maximum atomic E-state index is 9.74. The van der Waals surface area contributed by atoms with Gasteiger partial charge in [0.1, 0.15) is 5.75 Å². The van der Waals surface area contributed by atoms with Crippen LogP contribution in [-0.4, -0.2) is 16.9 Å². The largest absolute Gasteiger partial charge is 0.508 e. The van der Waals surface area contributed by atoms with Gasteiger partial charge in [0, 0.05) is 16.0 Å². The van der Waals surface area contributed by atoms with Crippen molar-refractivity contribution in [2.45, 2.75) is 29.7 Å². The van der Waals surface area contributed by atoms with Gasteiger partial charge in [0.2, 0.25) is 0 Å². The summed E-state index contributed by atoms with van der Waals surface area (Å²) in [5.74, 6) is 0.383. The molecule has 0 heterocycles. The third-order valence-electron chi connectivity index (χ3n) is 2.75. The van der Waals surface area contributed by atoms with Crippen molar-refractivity contribution >= 4 is 11.8 Å². The summed E-state index contributed by atoms with van der Waals surface area (Å²) in [6.07, 6.45) is 4.98. The Balaban J connectivity index is 2.29. The quantitative estimate of drug-likeness (QED) is 0.750. The predicted octanol–water partition coefficient (Wildman–Crippen LogP) is 2.15. The zero-order valence-corrected chi connectivity index (χ0v) is 9.10. The van der Waals surface area contributed by atoms with E-state index in [-0.39, 0.29) is 5.54 Å². The van der Waals surface area contributed by atoms with Crippen LogP contribution in [0.5, 0.6) is 5.75 Å². The summed E-state index contributed by atoms with van der Waals surface area (Å²) >= 11 is 1.66. The topological polar surface area (TPSA) is 46.2 Å². The normalized spacial score (nSPS) is 18.1. The van der Waals surface area contributed by atoms with Crippen LogP contribution in [0.4, 0.5) is 0 Å². The second kappa shape index (κ2) is 3.48. The van der Waals surface area contributed by atoms with Crippen molar-refractivity contribution in [3.05, 3.63) is 23.8 Å². The summed E-state index contributed by atoms with van der Waals surface area (Å²) in [5.41, 5.74) is 7.03. The molecular formula is C11H15NOS. The lowest BCUT2D eigenvalue weighted by Crippen LogP contribution is -2.24. The molecule has 0 radical (unpaired) electrons. The number of nitrogens with two attached hydrogens (primary N) is 1. The summed E-state index contributed by atoms with van der Waals surface area (Å²) in [6, 6.07) is 5.65. The van der Waals surface area contributed by atoms with Gasteiger partial charge in [-0.25, -0.2) is 0 Å². The zero-order chi connectivity index (χ0) is 10.2. The molecule has 0 aromatic heterocycles. The van der Waals surface area contributed by atoms with Gasteiger partial charge in [-0.15, -0.1) is 11.8 Å². The first kappa shape index (κ1) is 9.87. The summed E-state index contributed by atoms with van der Waals surface area (Å²) in [5, 5.41) is 9.74. The summed E-state index contributed by atoms with van der Waals surface area (Å²) < 4.78 is 0. The van der Waals surface area contributed by atoms with Gasteiger partial charge >= 0.3 is 0 Å². The highest BCUT2D eigenvalue weighted by molar-refractivity contribution is 7.98. The minimum Gasteiger partial charge on any atom is -0.508 e. The number of aromatic hydroxyl groups is 1. The molecule has 0 spiro atoms. The Kier molecular flexibility index (Phi) is 2.45. The molecule has 0 unspecified atom stereocenters. The molecule has 1 saturated carbocycles. The van der Waals surface area contributed by atoms with Crippen molar-refractivity contribution in [2.75, 3.05) is 6.26 Å². The maximum Gasteiger partial charge on any atom is 0.119 e. The van der Waals surface area contributed by atoms with E-state index in [0.29, 0.717) is 5.75 Å². The highest BCUT2D eigenvalue weighted by atomic mass is 32.2. The first-order chi connectivity index (χ1) is 6.64. The van der Waals surface area contributed by atoms with Gasteiger partial charge in [0.05, 0.1) is 0 Å². The molecular weight excluding hydrogens is 194 g/mol. The van der Waals surface area contributed by atoms with Crippen LogP contribution >= 0.6 is 11.8 Å². The highest BCUT2D eigenvalue weighted by Gasteiger charge is 2.39. The molecule has 2 rings (SSSR count). The molecule has 0 saturated heterocycles. The van der Waals surface area contributed by atoms with E-state index in [9.17, 15) is 5.11 Å². The minimum absolute atomic E-state index is 0.0384. The average Bonchev–Trinajstić information content (AvgIpc) is 2.88. The van der Waals surface area contributed by atoms with Crippen molar-refractivity contribution in [1.29, 1.82) is 0 Å². The molecule has 3 N–H and O–H groups in total. The SMILES string of the molecule is CSc1cccc(O)c1CC1(N)CC1. The Bertz CT molecular complexity index is 347. The van der Waals surface area contributed by atoms with Gasteiger partial charge in [0.25, 0.3) is 0 Å². The molecule has 1 aromatic carbocycles. The van der Waals surface area contributed by atoms with E-state index in [1.165, 1.54) is 0 Å². The number of phenols is 1. The fourth-order valence-electron chi connectivity index (χ4n) is 1.61. The number of hydrogen-bond acceptors (Lipinski definition) is 3. The van der Waals surface area contributed by atoms with Gasteiger partial charge in [-0.2, -0.15) is 0 Å². The second-order valence-electron chi connectivity index (χ2n) is 4.00. The van der Waals surface area contributed by atoms with Crippen molar-refractivity contribution in [3.8, 4) is 5.75 Å². The molecule has 0 atom stereocenters. The van der Waals surface area contributed by atoms with Gasteiger partial charge in [-0.3, -0.25) is 0 Å². The van der Waals surface area contributed by atoms with Gasteiger partial charge in [0.15, 0.2) is 0 Å². The molecule has 2 nitrogen and oxygen atoms in total. The highest BCUT2D eigenvalue weighted by Crippen LogP contribution is 2.40. The molecule has 0 aliphatic heterocycles. The molecule has 3 heteroatoms. The van der Waals surface area contributed by atoms with Crippen LogP contribution in [0.1, 0.15) is 18.4 Å². The van der Waals surface area contributed by atoms with E-state index < -0.39 is 0 Å². The van der Waals surface area contributed by atoms with Crippen LogP contribution < -0.4 is 5.73 Å². The van der Waals surface area contributed by atoms with E-state index >= 15 is 0 Å². The number of phenolic OH excluding ortho intramolecular Hbond substituents is 1. The molecule has 76 valence electrons. The van der Waals surface area contributed by atoms with E-state index in [1.807, 2.05) is 18.4 Å². The van der Waals surface area contributed by atoms with Crippen LogP contribution in [0.15, 0.2) is 23.1 Å². The molecule has 1 aliphatic carbocycles.